The van der Waals surface area contributed by atoms with Crippen LogP contribution in [0.3, 0.4) is 0 Å². The van der Waals surface area contributed by atoms with E-state index in [1.54, 1.807) is 18.3 Å². The molecule has 4 rings (SSSR count). The van der Waals surface area contributed by atoms with Gasteiger partial charge in [0.05, 0.1) is 5.02 Å². The van der Waals surface area contributed by atoms with Gasteiger partial charge >= 0.3 is 0 Å². The highest BCUT2D eigenvalue weighted by molar-refractivity contribution is 7.89. The number of aromatic nitrogens is 3. The largest absolute Gasteiger partial charge is 0.361 e. The van der Waals surface area contributed by atoms with Gasteiger partial charge in [-0.3, -0.25) is 4.79 Å². The number of nitrogens with zero attached hydrogens (tertiary/aromatic N) is 2. The van der Waals surface area contributed by atoms with Crippen LogP contribution in [0, 0.1) is 0 Å². The van der Waals surface area contributed by atoms with Crippen molar-refractivity contribution >= 4 is 49.5 Å². The Morgan fingerprint density at radius 1 is 1.11 bits per heavy atom. The van der Waals surface area contributed by atoms with Crippen LogP contribution in [0.5, 0.6) is 0 Å². The molecule has 0 aliphatic carbocycles. The number of nitrogens with one attached hydrogen (secondary N) is 3. The third-order valence-electron chi connectivity index (χ3n) is 4.14. The smallest absolute Gasteiger partial charge is 0.251 e. The highest BCUT2D eigenvalue weighted by Gasteiger charge is 2.21. The van der Waals surface area contributed by atoms with E-state index < -0.39 is 10.0 Å². The molecule has 2 aromatic heterocycles. The number of halogens is 1. The van der Waals surface area contributed by atoms with Gasteiger partial charge in [-0.1, -0.05) is 17.7 Å². The zero-order valence-electron chi connectivity index (χ0n) is 14.3. The molecule has 3 N–H and O–H groups in total. The van der Waals surface area contributed by atoms with Crippen LogP contribution in [0.2, 0.25) is 5.02 Å². The number of carbonyl (C=O) groups is 1. The number of benzene rings is 2. The summed E-state index contributed by atoms with van der Waals surface area (Å²) < 4.78 is 32.0. The van der Waals surface area contributed by atoms with Crippen molar-refractivity contribution in [3.8, 4) is 0 Å². The maximum absolute atomic E-state index is 12.5. The van der Waals surface area contributed by atoms with Crippen molar-refractivity contribution in [2.24, 2.45) is 0 Å². The van der Waals surface area contributed by atoms with Gasteiger partial charge in [-0.25, -0.2) is 17.8 Å². The highest BCUT2D eigenvalue weighted by Crippen LogP contribution is 2.26. The molecule has 0 radical (unpaired) electrons. The number of hydrogen-bond donors (Lipinski definition) is 3. The normalized spacial score (nSPS) is 11.9. The number of H-pyrrole nitrogens is 1. The van der Waals surface area contributed by atoms with Crippen molar-refractivity contribution in [3.05, 3.63) is 53.2 Å². The quantitative estimate of drug-likeness (QED) is 0.410. The predicted molar refractivity (Wildman–Crippen MR) is 103 cm³/mol. The van der Waals surface area contributed by atoms with Gasteiger partial charge in [-0.15, -0.1) is 0 Å². The molecule has 11 heteroatoms. The van der Waals surface area contributed by atoms with Gasteiger partial charge in [0.1, 0.15) is 4.90 Å². The SMILES string of the molecule is O=C(NCCNS(=O)(=O)c1ccc(Cl)c2nonc12)c1ccc2cc[nH]c2c1. The minimum atomic E-state index is -3.88. The molecule has 0 fully saturated rings. The third-order valence-corrected chi connectivity index (χ3v) is 5.94. The van der Waals surface area contributed by atoms with Gasteiger partial charge in [0, 0.05) is 30.4 Å². The van der Waals surface area contributed by atoms with Gasteiger partial charge in [0.15, 0.2) is 11.0 Å². The van der Waals surface area contributed by atoms with Gasteiger partial charge < -0.3 is 10.3 Å². The van der Waals surface area contributed by atoms with Crippen molar-refractivity contribution in [1.29, 1.82) is 0 Å². The summed E-state index contributed by atoms with van der Waals surface area (Å²) in [7, 11) is -3.88. The summed E-state index contributed by atoms with van der Waals surface area (Å²) in [5.41, 5.74) is 1.54. The number of sulfonamides is 1. The van der Waals surface area contributed by atoms with Crippen molar-refractivity contribution in [2.75, 3.05) is 13.1 Å². The van der Waals surface area contributed by atoms with Crippen molar-refractivity contribution in [1.82, 2.24) is 25.3 Å². The molecule has 0 aliphatic rings. The molecule has 0 saturated carbocycles. The Morgan fingerprint density at radius 3 is 2.79 bits per heavy atom. The highest BCUT2D eigenvalue weighted by atomic mass is 35.5. The fourth-order valence-electron chi connectivity index (χ4n) is 2.76. The Hall–Kier alpha value is -2.95. The van der Waals surface area contributed by atoms with E-state index in [4.69, 9.17) is 11.6 Å². The number of amides is 1. The van der Waals surface area contributed by atoms with E-state index in [1.807, 2.05) is 12.1 Å². The first-order chi connectivity index (χ1) is 13.5. The lowest BCUT2D eigenvalue weighted by molar-refractivity contribution is 0.0954. The molecular formula is C17H14ClN5O4S. The summed E-state index contributed by atoms with van der Waals surface area (Å²) in [5.74, 6) is -0.301. The Bertz CT molecular complexity index is 1280. The second-order valence-corrected chi connectivity index (χ2v) is 8.08. The van der Waals surface area contributed by atoms with E-state index in [1.165, 1.54) is 12.1 Å². The molecule has 28 heavy (non-hydrogen) atoms. The summed E-state index contributed by atoms with van der Waals surface area (Å²) in [5, 5.41) is 11.1. The maximum atomic E-state index is 12.5. The fraction of sp³-hybridized carbons (Fsp3) is 0.118. The average Bonchev–Trinajstić information content (AvgIpc) is 3.34. The Kier molecular flexibility index (Phi) is 4.75. The summed E-state index contributed by atoms with van der Waals surface area (Å²) >= 11 is 5.94. The summed E-state index contributed by atoms with van der Waals surface area (Å²) in [6, 6.07) is 9.90. The molecule has 2 aromatic carbocycles. The Morgan fingerprint density at radius 2 is 1.93 bits per heavy atom. The fourth-order valence-corrected chi connectivity index (χ4v) is 4.11. The topological polar surface area (TPSA) is 130 Å². The maximum Gasteiger partial charge on any atom is 0.251 e. The second-order valence-electron chi connectivity index (χ2n) is 5.94. The van der Waals surface area contributed by atoms with Crippen LogP contribution >= 0.6 is 11.6 Å². The summed E-state index contributed by atoms with van der Waals surface area (Å²) in [4.78, 5) is 15.2. The monoisotopic (exact) mass is 419 g/mol. The molecule has 1 amide bonds. The molecule has 4 aromatic rings. The van der Waals surface area contributed by atoms with Crippen LogP contribution in [0.15, 0.2) is 52.1 Å². The van der Waals surface area contributed by atoms with Crippen molar-refractivity contribution in [2.45, 2.75) is 4.90 Å². The van der Waals surface area contributed by atoms with E-state index in [9.17, 15) is 13.2 Å². The molecule has 0 saturated heterocycles. The van der Waals surface area contributed by atoms with Gasteiger partial charge in [-0.2, -0.15) is 0 Å². The number of rotatable bonds is 6. The zero-order chi connectivity index (χ0) is 19.7. The molecule has 9 nitrogen and oxygen atoms in total. The van der Waals surface area contributed by atoms with E-state index in [2.05, 4.69) is 30.0 Å². The second kappa shape index (κ2) is 7.23. The molecule has 0 atom stereocenters. The first-order valence-corrected chi connectivity index (χ1v) is 10.1. The summed E-state index contributed by atoms with van der Waals surface area (Å²) in [6.45, 7) is 0.100. The minimum absolute atomic E-state index is 0.00573. The molecule has 0 bridgehead atoms. The number of fused-ring (bicyclic) bond motifs is 2. The average molecular weight is 420 g/mol. The number of carbonyl (C=O) groups excluding carboxylic acids is 1. The van der Waals surface area contributed by atoms with Crippen molar-refractivity contribution < 1.29 is 17.8 Å². The lowest BCUT2D eigenvalue weighted by atomic mass is 10.1. The molecular weight excluding hydrogens is 406 g/mol. The van der Waals surface area contributed by atoms with Gasteiger partial charge in [0.25, 0.3) is 5.91 Å². The van der Waals surface area contributed by atoms with Crippen LogP contribution in [-0.4, -0.2) is 42.7 Å². The lowest BCUT2D eigenvalue weighted by Crippen LogP contribution is -2.34. The van der Waals surface area contributed by atoms with E-state index in [0.717, 1.165) is 10.9 Å². The minimum Gasteiger partial charge on any atom is -0.361 e. The zero-order valence-corrected chi connectivity index (χ0v) is 15.8. The number of hydrogen-bond acceptors (Lipinski definition) is 6. The van der Waals surface area contributed by atoms with E-state index in [-0.39, 0.29) is 39.9 Å². The first kappa shape index (κ1) is 18.4. The molecule has 144 valence electrons. The van der Waals surface area contributed by atoms with Crippen LogP contribution in [0.25, 0.3) is 21.9 Å². The predicted octanol–water partition coefficient (Wildman–Crippen LogP) is 2.07. The van der Waals surface area contributed by atoms with Gasteiger partial charge in [-0.05, 0) is 46.0 Å². The third kappa shape index (κ3) is 3.44. The summed E-state index contributed by atoms with van der Waals surface area (Å²) in [6.07, 6.45) is 1.79. The molecule has 2 heterocycles. The van der Waals surface area contributed by atoms with Crippen LogP contribution in [0.4, 0.5) is 0 Å². The van der Waals surface area contributed by atoms with Crippen molar-refractivity contribution in [3.63, 3.8) is 0 Å². The number of aromatic amines is 1. The van der Waals surface area contributed by atoms with E-state index in [0.29, 0.717) is 5.56 Å². The Labute approximate surface area is 164 Å². The first-order valence-electron chi connectivity index (χ1n) is 8.21. The van der Waals surface area contributed by atoms with Crippen LogP contribution in [-0.2, 0) is 10.0 Å². The van der Waals surface area contributed by atoms with Crippen LogP contribution < -0.4 is 10.0 Å². The standard InChI is InChI=1S/C17H14ClN5O4S/c18-12-3-4-14(16-15(12)22-27-23-16)28(25,26)21-8-7-20-17(24)11-2-1-10-5-6-19-13(10)9-11/h1-6,9,19,21H,7-8H2,(H,20,24). The van der Waals surface area contributed by atoms with Crippen LogP contribution in [0.1, 0.15) is 10.4 Å². The molecule has 0 unspecified atom stereocenters. The van der Waals surface area contributed by atoms with E-state index >= 15 is 0 Å². The van der Waals surface area contributed by atoms with Gasteiger partial charge in [0.2, 0.25) is 10.0 Å². The Balaban J connectivity index is 1.39. The lowest BCUT2D eigenvalue weighted by Gasteiger charge is -2.08. The molecule has 0 aliphatic heterocycles. The molecule has 0 spiro atoms.